The minimum Gasteiger partial charge on any atom is -0.748 e. The minimum atomic E-state index is 0. The van der Waals surface area contributed by atoms with Gasteiger partial charge in [-0.3, -0.25) is 0 Å². The minimum absolute atomic E-state index is 0. The Labute approximate surface area is 133 Å². The van der Waals surface area contributed by atoms with Crippen LogP contribution in [0.2, 0.25) is 0 Å². The monoisotopic (exact) mass is 312 g/mol. The molecule has 0 spiro atoms. The summed E-state index contributed by atoms with van der Waals surface area (Å²) in [7, 11) is 0. The molecule has 0 heterocycles. The molecule has 0 radical (unpaired) electrons. The molecule has 0 aliphatic rings. The van der Waals surface area contributed by atoms with E-state index in [0.717, 1.165) is 11.1 Å². The molecule has 0 fully saturated rings. The van der Waals surface area contributed by atoms with Crippen LogP contribution in [0.3, 0.4) is 0 Å². The first-order valence-electron chi connectivity index (χ1n) is 6.73. The molecule has 2 rings (SSSR count). The molecule has 0 bridgehead atoms. The summed E-state index contributed by atoms with van der Waals surface area (Å²) in [6.07, 6.45) is 0.623. The molecule has 20 heavy (non-hydrogen) atoms. The number of hydrogen-bond acceptors (Lipinski definition) is 1. The fourth-order valence-corrected chi connectivity index (χ4v) is 1.87. The van der Waals surface area contributed by atoms with Gasteiger partial charge >= 0.3 is 0 Å². The summed E-state index contributed by atoms with van der Waals surface area (Å²) in [5.41, 5.74) is 3.40. The van der Waals surface area contributed by atoms with E-state index in [-0.39, 0.29) is 28.3 Å². The number of carbonyl (C=O) groups excluding carboxylic acids is 1. The number of carbonyl (C=O) groups is 1. The first-order valence-corrected chi connectivity index (χ1v) is 6.73. The molecule has 2 aromatic rings. The second-order valence-electron chi connectivity index (χ2n) is 6.25. The Morgan fingerprint density at radius 2 is 1.80 bits per heavy atom. The molecule has 2 aromatic carbocycles. The maximum Gasteiger partial charge on any atom is 0.109 e. The summed E-state index contributed by atoms with van der Waals surface area (Å²) >= 11 is 0. The molecule has 116 valence electrons. The van der Waals surface area contributed by atoms with Crippen LogP contribution in [0, 0.1) is 19.3 Å². The van der Waals surface area contributed by atoms with Crippen LogP contribution in [0.25, 0.3) is 0 Å². The molecular formula is C18H24FeO-6. The van der Waals surface area contributed by atoms with Crippen molar-refractivity contribution in [2.45, 2.75) is 41.0 Å². The van der Waals surface area contributed by atoms with E-state index in [1.807, 2.05) is 37.3 Å². The van der Waals surface area contributed by atoms with Gasteiger partial charge in [0.1, 0.15) is 5.78 Å². The van der Waals surface area contributed by atoms with Crippen molar-refractivity contribution in [1.82, 2.24) is 0 Å². The molecule has 0 aliphatic carbocycles. The zero-order chi connectivity index (χ0) is 14.5. The fourth-order valence-electron chi connectivity index (χ4n) is 1.87. The van der Waals surface area contributed by atoms with E-state index >= 15 is 0 Å². The Bertz CT molecular complexity index is 498. The third-order valence-corrected chi connectivity index (χ3v) is 2.85. The smallest absolute Gasteiger partial charge is 0.109 e. The number of rotatable bonds is 2. The maximum absolute atomic E-state index is 11.7. The molecule has 0 saturated heterocycles. The number of ketones is 1. The average molecular weight is 312 g/mol. The van der Waals surface area contributed by atoms with Gasteiger partial charge in [0.05, 0.1) is 0 Å². The van der Waals surface area contributed by atoms with E-state index in [0.29, 0.717) is 6.42 Å². The van der Waals surface area contributed by atoms with Crippen molar-refractivity contribution < 1.29 is 21.9 Å². The molecule has 2 heteroatoms. The topological polar surface area (TPSA) is 17.1 Å². The summed E-state index contributed by atoms with van der Waals surface area (Å²) in [4.78, 5) is 11.7. The summed E-state index contributed by atoms with van der Waals surface area (Å²) in [5, 5.41) is 0. The molecule has 0 saturated carbocycles. The van der Waals surface area contributed by atoms with Crippen molar-refractivity contribution in [3.05, 3.63) is 59.2 Å². The Kier molecular flexibility index (Phi) is 7.78. The average Bonchev–Trinajstić information content (AvgIpc) is 2.87. The Hall–Kier alpha value is -1.11. The fraction of sp³-hybridized carbons (Fsp3) is 0.389. The van der Waals surface area contributed by atoms with Crippen molar-refractivity contribution in [1.29, 1.82) is 0 Å². The summed E-state index contributed by atoms with van der Waals surface area (Å²) in [5.74, 6) is 0.259. The molecule has 0 N–H and O–H groups in total. The van der Waals surface area contributed by atoms with E-state index in [1.54, 1.807) is 0 Å². The van der Waals surface area contributed by atoms with Crippen molar-refractivity contribution >= 4 is 5.78 Å². The second-order valence-corrected chi connectivity index (χ2v) is 6.25. The number of aryl methyl sites for hydroxylation is 2. The SMILES string of the molecule is C[c-]1[cH-][cH-][cH-][cH-]1.Cc1ccc[c-]1C(=O)CC(C)(C)C.[Fe]. The van der Waals surface area contributed by atoms with Gasteiger partial charge in [-0.2, -0.15) is 11.6 Å². The third kappa shape index (κ3) is 6.88. The van der Waals surface area contributed by atoms with Crippen molar-refractivity contribution in [3.63, 3.8) is 0 Å². The van der Waals surface area contributed by atoms with Gasteiger partial charge in [0.2, 0.25) is 0 Å². The largest absolute Gasteiger partial charge is 0.748 e. The van der Waals surface area contributed by atoms with E-state index in [2.05, 4.69) is 39.8 Å². The van der Waals surface area contributed by atoms with Crippen LogP contribution < -0.4 is 0 Å². The molecule has 0 amide bonds. The number of hydrogen-bond donors (Lipinski definition) is 0. The zero-order valence-electron chi connectivity index (χ0n) is 13.0. The van der Waals surface area contributed by atoms with Crippen molar-refractivity contribution in [3.8, 4) is 0 Å². The normalized spacial score (nSPS) is 10.2. The summed E-state index contributed by atoms with van der Waals surface area (Å²) < 4.78 is 0. The van der Waals surface area contributed by atoms with E-state index in [9.17, 15) is 4.79 Å². The molecule has 0 atom stereocenters. The van der Waals surface area contributed by atoms with Gasteiger partial charge in [0.15, 0.2) is 0 Å². The van der Waals surface area contributed by atoms with Gasteiger partial charge < -0.3 is 34.6 Å². The first-order chi connectivity index (χ1) is 8.79. The predicted molar refractivity (Wildman–Crippen MR) is 81.9 cm³/mol. The van der Waals surface area contributed by atoms with Crippen LogP contribution >= 0.6 is 0 Å². The molecule has 0 aromatic heterocycles. The second kappa shape index (κ2) is 8.24. The van der Waals surface area contributed by atoms with Crippen LogP contribution in [0.4, 0.5) is 0 Å². The van der Waals surface area contributed by atoms with Crippen molar-refractivity contribution in [2.24, 2.45) is 5.41 Å². The first kappa shape index (κ1) is 18.9. The van der Waals surface area contributed by atoms with Gasteiger partial charge in [0.25, 0.3) is 0 Å². The molecular weight excluding hydrogens is 288 g/mol. The van der Waals surface area contributed by atoms with Gasteiger partial charge in [-0.25, -0.2) is 19.1 Å². The van der Waals surface area contributed by atoms with E-state index < -0.39 is 0 Å². The zero-order valence-corrected chi connectivity index (χ0v) is 14.1. The summed E-state index contributed by atoms with van der Waals surface area (Å²) in [6, 6.07) is 14.1. The molecule has 1 nitrogen and oxygen atoms in total. The van der Waals surface area contributed by atoms with Crippen molar-refractivity contribution in [2.75, 3.05) is 0 Å². The van der Waals surface area contributed by atoms with Crippen LogP contribution in [0.5, 0.6) is 0 Å². The van der Waals surface area contributed by atoms with Crippen LogP contribution in [-0.2, 0) is 17.1 Å². The van der Waals surface area contributed by atoms with Gasteiger partial charge in [-0.1, -0.05) is 33.3 Å². The van der Waals surface area contributed by atoms with Gasteiger partial charge in [-0.15, -0.1) is 0 Å². The van der Waals surface area contributed by atoms with Crippen LogP contribution in [-0.4, -0.2) is 5.78 Å². The van der Waals surface area contributed by atoms with Gasteiger partial charge in [0, 0.05) is 23.5 Å². The Balaban J connectivity index is 0.000000434. The van der Waals surface area contributed by atoms with Gasteiger partial charge in [-0.05, 0) is 5.41 Å². The predicted octanol–water partition coefficient (Wildman–Crippen LogP) is 5.04. The van der Waals surface area contributed by atoms with Crippen LogP contribution in [0.15, 0.2) is 42.5 Å². The molecule has 0 unspecified atom stereocenters. The molecule has 0 aliphatic heterocycles. The quantitative estimate of drug-likeness (QED) is 0.431. The van der Waals surface area contributed by atoms with Crippen LogP contribution in [0.1, 0.15) is 48.7 Å². The van der Waals surface area contributed by atoms with E-state index in [4.69, 9.17) is 0 Å². The Morgan fingerprint density at radius 3 is 2.10 bits per heavy atom. The maximum atomic E-state index is 11.7. The Morgan fingerprint density at radius 1 is 1.25 bits per heavy atom. The number of Topliss-reactive ketones (excluding diaryl/α,β-unsaturated/α-hetero) is 1. The summed E-state index contributed by atoms with van der Waals surface area (Å²) in [6.45, 7) is 10.3. The third-order valence-electron chi connectivity index (χ3n) is 2.85. The van der Waals surface area contributed by atoms with E-state index in [1.165, 1.54) is 5.56 Å². The standard InChI is InChI=1S/C12H17O.C6H7.Fe/c1-9-6-5-7-10(9)11(13)8-12(2,3)4;1-6-4-2-3-5-6;/h5-7H,8H2,1-4H3;2-5H,1H3;/q-1;-5;.